The third-order valence-corrected chi connectivity index (χ3v) is 3.03. The maximum atomic E-state index is 11.0. The van der Waals surface area contributed by atoms with Crippen LogP contribution in [0.5, 0.6) is 0 Å². The summed E-state index contributed by atoms with van der Waals surface area (Å²) in [6, 6.07) is 11.8. The van der Waals surface area contributed by atoms with Crippen molar-refractivity contribution in [3.63, 3.8) is 0 Å². The Morgan fingerprint density at radius 3 is 2.05 bits per heavy atom. The number of carbonyl (C=O) groups is 1. The molecule has 21 heavy (non-hydrogen) atoms. The number of aromatic nitrogens is 2. The van der Waals surface area contributed by atoms with Crippen molar-refractivity contribution in [1.82, 2.24) is 20.2 Å². The van der Waals surface area contributed by atoms with Crippen molar-refractivity contribution in [3.05, 3.63) is 60.2 Å². The maximum absolute atomic E-state index is 11.0. The molecule has 2 aromatic heterocycles. The first-order valence-corrected chi connectivity index (χ1v) is 7.00. The molecule has 0 unspecified atom stereocenters. The molecule has 0 spiro atoms. The normalized spacial score (nSPS) is 10.6. The van der Waals surface area contributed by atoms with E-state index in [2.05, 4.69) is 20.2 Å². The van der Waals surface area contributed by atoms with Gasteiger partial charge in [0.15, 0.2) is 0 Å². The van der Waals surface area contributed by atoms with Crippen molar-refractivity contribution in [2.24, 2.45) is 0 Å². The van der Waals surface area contributed by atoms with Crippen LogP contribution in [0.25, 0.3) is 0 Å². The molecule has 1 amide bonds. The summed E-state index contributed by atoms with van der Waals surface area (Å²) in [5.41, 5.74) is 2.02. The number of hydrogen-bond acceptors (Lipinski definition) is 4. The fraction of sp³-hybridized carbons (Fsp3) is 0.312. The van der Waals surface area contributed by atoms with E-state index < -0.39 is 0 Å². The van der Waals surface area contributed by atoms with Gasteiger partial charge in [-0.25, -0.2) is 0 Å². The Hall–Kier alpha value is -2.27. The van der Waals surface area contributed by atoms with E-state index >= 15 is 0 Å². The summed E-state index contributed by atoms with van der Waals surface area (Å²) in [5, 5.41) is 2.83. The topological polar surface area (TPSA) is 58.1 Å². The SMILES string of the molecule is CC(=O)NCCN(Cc1ccccn1)Cc1ccccn1. The van der Waals surface area contributed by atoms with Gasteiger partial charge in [-0.15, -0.1) is 0 Å². The first kappa shape index (κ1) is 15.1. The first-order valence-electron chi connectivity index (χ1n) is 7.00. The van der Waals surface area contributed by atoms with Crippen LogP contribution in [0.1, 0.15) is 18.3 Å². The van der Waals surface area contributed by atoms with Crippen molar-refractivity contribution in [2.75, 3.05) is 13.1 Å². The van der Waals surface area contributed by atoms with Crippen LogP contribution in [0.4, 0.5) is 0 Å². The number of pyridine rings is 2. The molecule has 5 nitrogen and oxygen atoms in total. The van der Waals surface area contributed by atoms with E-state index in [1.54, 1.807) is 12.4 Å². The molecular weight excluding hydrogens is 264 g/mol. The Morgan fingerprint density at radius 1 is 1.05 bits per heavy atom. The highest BCUT2D eigenvalue weighted by atomic mass is 16.1. The van der Waals surface area contributed by atoms with Crippen molar-refractivity contribution in [3.8, 4) is 0 Å². The smallest absolute Gasteiger partial charge is 0.216 e. The minimum atomic E-state index is -0.00868. The monoisotopic (exact) mass is 284 g/mol. The highest BCUT2D eigenvalue weighted by Crippen LogP contribution is 2.06. The minimum absolute atomic E-state index is 0.00868. The van der Waals surface area contributed by atoms with Crippen LogP contribution < -0.4 is 5.32 Å². The number of amides is 1. The van der Waals surface area contributed by atoms with Gasteiger partial charge < -0.3 is 5.32 Å². The number of nitrogens with zero attached hydrogens (tertiary/aromatic N) is 3. The highest BCUT2D eigenvalue weighted by Gasteiger charge is 2.08. The Labute approximate surface area is 125 Å². The Kier molecular flexibility index (Phi) is 5.84. The van der Waals surface area contributed by atoms with Gasteiger partial charge in [-0.1, -0.05) is 12.1 Å². The third kappa shape index (κ3) is 5.71. The van der Waals surface area contributed by atoms with Gasteiger partial charge in [-0.2, -0.15) is 0 Å². The predicted octanol–water partition coefficient (Wildman–Crippen LogP) is 1.61. The molecule has 0 aliphatic carbocycles. The van der Waals surface area contributed by atoms with Crippen molar-refractivity contribution < 1.29 is 4.79 Å². The van der Waals surface area contributed by atoms with E-state index in [-0.39, 0.29) is 5.91 Å². The summed E-state index contributed by atoms with van der Waals surface area (Å²) < 4.78 is 0. The fourth-order valence-electron chi connectivity index (χ4n) is 2.05. The molecule has 1 N–H and O–H groups in total. The quantitative estimate of drug-likeness (QED) is 0.839. The van der Waals surface area contributed by atoms with E-state index in [1.807, 2.05) is 36.4 Å². The van der Waals surface area contributed by atoms with Gasteiger partial charge in [-0.05, 0) is 24.3 Å². The average Bonchev–Trinajstić information content (AvgIpc) is 2.49. The molecular formula is C16H20N4O. The summed E-state index contributed by atoms with van der Waals surface area (Å²) in [6.07, 6.45) is 3.59. The molecule has 0 fully saturated rings. The first-order chi connectivity index (χ1) is 10.2. The summed E-state index contributed by atoms with van der Waals surface area (Å²) in [6.45, 7) is 4.37. The van der Waals surface area contributed by atoms with Gasteiger partial charge in [0.2, 0.25) is 5.91 Å². The molecule has 0 radical (unpaired) electrons. The molecule has 0 aromatic carbocycles. The Morgan fingerprint density at radius 2 is 1.62 bits per heavy atom. The molecule has 0 atom stereocenters. The summed E-state index contributed by atoms with van der Waals surface area (Å²) >= 11 is 0. The molecule has 0 saturated heterocycles. The Balaban J connectivity index is 1.97. The number of carbonyl (C=O) groups excluding carboxylic acids is 1. The van der Waals surface area contributed by atoms with Gasteiger partial charge in [0.1, 0.15) is 0 Å². The molecule has 110 valence electrons. The number of hydrogen-bond donors (Lipinski definition) is 1. The van der Waals surface area contributed by atoms with Gasteiger partial charge in [0, 0.05) is 45.5 Å². The van der Waals surface area contributed by atoms with E-state index in [1.165, 1.54) is 6.92 Å². The van der Waals surface area contributed by atoms with Crippen LogP contribution in [0, 0.1) is 0 Å². The molecule has 0 aliphatic rings. The molecule has 0 bridgehead atoms. The second kappa shape index (κ2) is 8.11. The molecule has 0 aliphatic heterocycles. The molecule has 0 saturated carbocycles. The van der Waals surface area contributed by atoms with Crippen LogP contribution in [-0.2, 0) is 17.9 Å². The zero-order valence-corrected chi connectivity index (χ0v) is 12.2. The summed E-state index contributed by atoms with van der Waals surface area (Å²) in [7, 11) is 0. The van der Waals surface area contributed by atoms with Crippen LogP contribution in [0.3, 0.4) is 0 Å². The minimum Gasteiger partial charge on any atom is -0.355 e. The second-order valence-corrected chi connectivity index (χ2v) is 4.84. The molecule has 2 rings (SSSR count). The van der Waals surface area contributed by atoms with E-state index in [0.717, 1.165) is 31.0 Å². The Bertz CT molecular complexity index is 503. The van der Waals surface area contributed by atoms with Crippen LogP contribution in [0.2, 0.25) is 0 Å². The standard InChI is InChI=1S/C16H20N4O/c1-14(21)17-10-11-20(12-15-6-2-4-8-18-15)13-16-7-3-5-9-19-16/h2-9H,10-13H2,1H3,(H,17,21). The lowest BCUT2D eigenvalue weighted by Crippen LogP contribution is -2.33. The van der Waals surface area contributed by atoms with Gasteiger partial charge in [-0.3, -0.25) is 19.7 Å². The van der Waals surface area contributed by atoms with Crippen LogP contribution >= 0.6 is 0 Å². The lowest BCUT2D eigenvalue weighted by Gasteiger charge is -2.21. The molecule has 5 heteroatoms. The van der Waals surface area contributed by atoms with Crippen molar-refractivity contribution in [2.45, 2.75) is 20.0 Å². The molecule has 2 aromatic rings. The third-order valence-electron chi connectivity index (χ3n) is 3.03. The van der Waals surface area contributed by atoms with Gasteiger partial charge in [0.25, 0.3) is 0 Å². The van der Waals surface area contributed by atoms with Crippen molar-refractivity contribution in [1.29, 1.82) is 0 Å². The maximum Gasteiger partial charge on any atom is 0.216 e. The lowest BCUT2D eigenvalue weighted by atomic mass is 10.3. The zero-order valence-electron chi connectivity index (χ0n) is 12.2. The summed E-state index contributed by atoms with van der Waals surface area (Å²) in [4.78, 5) is 21.9. The van der Waals surface area contributed by atoms with Crippen LogP contribution in [-0.4, -0.2) is 33.9 Å². The van der Waals surface area contributed by atoms with Gasteiger partial charge in [0.05, 0.1) is 11.4 Å². The van der Waals surface area contributed by atoms with Crippen LogP contribution in [0.15, 0.2) is 48.8 Å². The van der Waals surface area contributed by atoms with Crippen molar-refractivity contribution >= 4 is 5.91 Å². The summed E-state index contributed by atoms with van der Waals surface area (Å²) in [5.74, 6) is -0.00868. The average molecular weight is 284 g/mol. The van der Waals surface area contributed by atoms with E-state index in [9.17, 15) is 4.79 Å². The second-order valence-electron chi connectivity index (χ2n) is 4.84. The van der Waals surface area contributed by atoms with E-state index in [4.69, 9.17) is 0 Å². The largest absolute Gasteiger partial charge is 0.355 e. The lowest BCUT2D eigenvalue weighted by molar-refractivity contribution is -0.119. The molecule has 2 heterocycles. The number of nitrogens with one attached hydrogen (secondary N) is 1. The highest BCUT2D eigenvalue weighted by molar-refractivity contribution is 5.72. The van der Waals surface area contributed by atoms with Gasteiger partial charge >= 0.3 is 0 Å². The zero-order chi connectivity index (χ0) is 14.9. The number of rotatable bonds is 7. The fourth-order valence-corrected chi connectivity index (χ4v) is 2.05. The van der Waals surface area contributed by atoms with E-state index in [0.29, 0.717) is 6.54 Å². The predicted molar refractivity (Wildman–Crippen MR) is 81.3 cm³/mol.